The van der Waals surface area contributed by atoms with Crippen molar-refractivity contribution in [3.63, 3.8) is 0 Å². The Balaban J connectivity index is 1.43. The van der Waals surface area contributed by atoms with Gasteiger partial charge in [0.05, 0.1) is 17.8 Å². The minimum Gasteiger partial charge on any atom is -0.475 e. The highest BCUT2D eigenvalue weighted by Crippen LogP contribution is 2.22. The zero-order valence-corrected chi connectivity index (χ0v) is 15.2. The lowest BCUT2D eigenvalue weighted by atomic mass is 10.1. The van der Waals surface area contributed by atoms with Gasteiger partial charge in [0.2, 0.25) is 11.8 Å². The maximum atomic E-state index is 13.7. The fraction of sp³-hybridized carbons (Fsp3) is 0.167. The Morgan fingerprint density at radius 3 is 2.77 bits per heavy atom. The summed E-state index contributed by atoms with van der Waals surface area (Å²) in [6.07, 6.45) is -0.124. The Morgan fingerprint density at radius 2 is 2.08 bits per heavy atom. The third-order valence-electron chi connectivity index (χ3n) is 3.49. The number of carbonyl (C=O) groups excluding carboxylic acids is 1. The average molecular weight is 392 g/mol. The molecule has 0 unspecified atom stereocenters. The van der Waals surface area contributed by atoms with Crippen LogP contribution in [0.2, 0.25) is 5.02 Å². The Hall–Kier alpha value is -2.51. The van der Waals surface area contributed by atoms with Crippen LogP contribution in [0.5, 0.6) is 5.88 Å². The summed E-state index contributed by atoms with van der Waals surface area (Å²) in [6.45, 7) is 0.489. The fourth-order valence-corrected chi connectivity index (χ4v) is 3.14. The minimum absolute atomic E-state index is 0.124. The van der Waals surface area contributed by atoms with Crippen LogP contribution in [0.4, 0.5) is 4.39 Å². The van der Waals surface area contributed by atoms with Gasteiger partial charge < -0.3 is 10.1 Å². The number of nitrogens with one attached hydrogen (secondary N) is 1. The molecule has 0 radical (unpaired) electrons. The van der Waals surface area contributed by atoms with E-state index in [1.54, 1.807) is 23.5 Å². The number of halogens is 2. The summed E-state index contributed by atoms with van der Waals surface area (Å²) in [7, 11) is 0. The number of thiophene rings is 1. The Morgan fingerprint density at radius 1 is 1.19 bits per heavy atom. The topological polar surface area (TPSA) is 64.1 Å². The smallest absolute Gasteiger partial charge is 0.233 e. The SMILES string of the molecule is O=C(Cc1c(F)cccc1Cl)NCCOc1ccc(-c2cccs2)nn1. The van der Waals surface area contributed by atoms with E-state index in [-0.39, 0.29) is 36.1 Å². The molecule has 0 atom stereocenters. The normalized spacial score (nSPS) is 10.5. The van der Waals surface area contributed by atoms with Gasteiger partial charge in [-0.25, -0.2) is 4.39 Å². The standard InChI is InChI=1S/C18H15ClFN3O2S/c19-13-3-1-4-14(20)12(13)11-17(24)21-8-9-25-18-7-6-15(22-23-18)16-5-2-10-26-16/h1-7,10H,8-9,11H2,(H,21,24). The third-order valence-corrected chi connectivity index (χ3v) is 4.73. The number of carbonyl (C=O) groups is 1. The summed E-state index contributed by atoms with van der Waals surface area (Å²) in [6, 6.07) is 11.8. The van der Waals surface area contributed by atoms with Gasteiger partial charge >= 0.3 is 0 Å². The number of ether oxygens (including phenoxy) is 1. The van der Waals surface area contributed by atoms with Crippen LogP contribution >= 0.6 is 22.9 Å². The molecule has 0 saturated heterocycles. The van der Waals surface area contributed by atoms with E-state index in [0.29, 0.717) is 5.88 Å². The molecule has 0 fully saturated rings. The first-order valence-electron chi connectivity index (χ1n) is 7.83. The molecule has 26 heavy (non-hydrogen) atoms. The van der Waals surface area contributed by atoms with Crippen LogP contribution in [0.3, 0.4) is 0 Å². The van der Waals surface area contributed by atoms with Gasteiger partial charge in [-0.3, -0.25) is 4.79 Å². The van der Waals surface area contributed by atoms with Gasteiger partial charge in [0.1, 0.15) is 18.1 Å². The van der Waals surface area contributed by atoms with Crippen molar-refractivity contribution in [3.8, 4) is 16.5 Å². The van der Waals surface area contributed by atoms with Gasteiger partial charge in [-0.05, 0) is 29.6 Å². The first-order valence-corrected chi connectivity index (χ1v) is 9.09. The minimum atomic E-state index is -0.495. The van der Waals surface area contributed by atoms with E-state index in [4.69, 9.17) is 16.3 Å². The van der Waals surface area contributed by atoms with E-state index in [1.807, 2.05) is 23.6 Å². The van der Waals surface area contributed by atoms with Gasteiger partial charge in [0, 0.05) is 16.7 Å². The van der Waals surface area contributed by atoms with Crippen LogP contribution in [0.15, 0.2) is 47.8 Å². The lowest BCUT2D eigenvalue weighted by Gasteiger charge is -2.08. The Bertz CT molecular complexity index is 852. The van der Waals surface area contributed by atoms with E-state index < -0.39 is 5.82 Å². The van der Waals surface area contributed by atoms with Crippen LogP contribution in [-0.4, -0.2) is 29.3 Å². The molecule has 0 bridgehead atoms. The Kier molecular flexibility index (Phi) is 6.14. The molecular formula is C18H15ClFN3O2S. The van der Waals surface area contributed by atoms with Gasteiger partial charge in [0.15, 0.2) is 0 Å². The average Bonchev–Trinajstić information content (AvgIpc) is 3.17. The van der Waals surface area contributed by atoms with Crippen LogP contribution < -0.4 is 10.1 Å². The van der Waals surface area contributed by atoms with Gasteiger partial charge in [0.25, 0.3) is 0 Å². The van der Waals surface area contributed by atoms with Gasteiger partial charge in [-0.15, -0.1) is 21.5 Å². The van der Waals surface area contributed by atoms with Crippen molar-refractivity contribution in [2.24, 2.45) is 0 Å². The molecule has 3 rings (SSSR count). The number of nitrogens with zero attached hydrogens (tertiary/aromatic N) is 2. The Labute approximate surface area is 158 Å². The van der Waals surface area contributed by atoms with Crippen molar-refractivity contribution in [1.29, 1.82) is 0 Å². The lowest BCUT2D eigenvalue weighted by molar-refractivity contribution is -0.120. The second kappa shape index (κ2) is 8.73. The summed E-state index contributed by atoms with van der Waals surface area (Å²) in [5, 5.41) is 13.0. The highest BCUT2D eigenvalue weighted by molar-refractivity contribution is 7.13. The molecule has 3 aromatic rings. The molecule has 0 aliphatic rings. The molecule has 2 aromatic heterocycles. The summed E-state index contributed by atoms with van der Waals surface area (Å²) >= 11 is 7.49. The molecule has 2 heterocycles. The van der Waals surface area contributed by atoms with E-state index in [9.17, 15) is 9.18 Å². The van der Waals surface area contributed by atoms with Crippen LogP contribution in [-0.2, 0) is 11.2 Å². The van der Waals surface area contributed by atoms with Crippen molar-refractivity contribution < 1.29 is 13.9 Å². The van der Waals surface area contributed by atoms with Crippen molar-refractivity contribution in [2.45, 2.75) is 6.42 Å². The van der Waals surface area contributed by atoms with Crippen molar-refractivity contribution in [1.82, 2.24) is 15.5 Å². The highest BCUT2D eigenvalue weighted by Gasteiger charge is 2.11. The predicted octanol–water partition coefficient (Wildman–Crippen LogP) is 3.74. The van der Waals surface area contributed by atoms with E-state index >= 15 is 0 Å². The maximum absolute atomic E-state index is 13.7. The molecule has 1 N–H and O–H groups in total. The molecule has 5 nitrogen and oxygen atoms in total. The zero-order chi connectivity index (χ0) is 18.4. The van der Waals surface area contributed by atoms with Crippen LogP contribution in [0.25, 0.3) is 10.6 Å². The number of benzene rings is 1. The number of hydrogen-bond acceptors (Lipinski definition) is 5. The largest absolute Gasteiger partial charge is 0.475 e. The van der Waals surface area contributed by atoms with E-state index in [1.165, 1.54) is 12.1 Å². The lowest BCUT2D eigenvalue weighted by Crippen LogP contribution is -2.29. The molecule has 0 spiro atoms. The van der Waals surface area contributed by atoms with Crippen molar-refractivity contribution in [3.05, 3.63) is 64.2 Å². The van der Waals surface area contributed by atoms with Gasteiger partial charge in [-0.1, -0.05) is 23.7 Å². The number of rotatable bonds is 7. The van der Waals surface area contributed by atoms with Gasteiger partial charge in [-0.2, -0.15) is 0 Å². The number of hydrogen-bond donors (Lipinski definition) is 1. The summed E-state index contributed by atoms with van der Waals surface area (Å²) in [5.41, 5.74) is 0.963. The maximum Gasteiger partial charge on any atom is 0.233 e. The molecule has 0 saturated carbocycles. The fourth-order valence-electron chi connectivity index (χ4n) is 2.22. The van der Waals surface area contributed by atoms with Crippen LogP contribution in [0, 0.1) is 5.82 Å². The summed E-state index contributed by atoms with van der Waals surface area (Å²) in [5.74, 6) is -0.457. The molecule has 0 aliphatic heterocycles. The first-order chi connectivity index (χ1) is 12.6. The molecule has 1 amide bonds. The highest BCUT2D eigenvalue weighted by atomic mass is 35.5. The monoisotopic (exact) mass is 391 g/mol. The molecular weight excluding hydrogens is 377 g/mol. The predicted molar refractivity (Wildman–Crippen MR) is 99.0 cm³/mol. The van der Waals surface area contributed by atoms with E-state index in [2.05, 4.69) is 15.5 Å². The molecule has 134 valence electrons. The van der Waals surface area contributed by atoms with Crippen molar-refractivity contribution in [2.75, 3.05) is 13.2 Å². The first kappa shape index (κ1) is 18.3. The molecule has 0 aliphatic carbocycles. The zero-order valence-electron chi connectivity index (χ0n) is 13.6. The number of aromatic nitrogens is 2. The quantitative estimate of drug-likeness (QED) is 0.623. The second-order valence-electron chi connectivity index (χ2n) is 5.31. The third kappa shape index (κ3) is 4.77. The van der Waals surface area contributed by atoms with E-state index in [0.717, 1.165) is 10.6 Å². The number of amides is 1. The van der Waals surface area contributed by atoms with Crippen LogP contribution in [0.1, 0.15) is 5.56 Å². The van der Waals surface area contributed by atoms with Crippen molar-refractivity contribution >= 4 is 28.8 Å². The molecule has 8 heteroatoms. The molecule has 1 aromatic carbocycles. The second-order valence-corrected chi connectivity index (χ2v) is 6.66. The summed E-state index contributed by atoms with van der Waals surface area (Å²) < 4.78 is 19.1. The summed E-state index contributed by atoms with van der Waals surface area (Å²) in [4.78, 5) is 12.9.